The van der Waals surface area contributed by atoms with E-state index in [1.165, 1.54) is 20.8 Å². The molecule has 0 spiro atoms. The minimum absolute atomic E-state index is 0. The van der Waals surface area contributed by atoms with Crippen molar-refractivity contribution in [1.82, 2.24) is 0 Å². The van der Waals surface area contributed by atoms with Crippen LogP contribution in [0.4, 0.5) is 0 Å². The summed E-state index contributed by atoms with van der Waals surface area (Å²) in [6, 6.07) is -3.25. The number of hydrogen-bond acceptors (Lipinski definition) is 12. The second-order valence-electron chi connectivity index (χ2n) is 7.33. The Morgan fingerprint density at radius 2 is 0.677 bits per heavy atom. The quantitative estimate of drug-likeness (QED) is 0.177. The molecule has 183 valence electrons. The molecular formula is C18H36CrN3O9. The molecule has 0 saturated heterocycles. The molecule has 9 unspecified atom stereocenters. The van der Waals surface area contributed by atoms with E-state index in [-0.39, 0.29) is 17.4 Å². The van der Waals surface area contributed by atoms with Gasteiger partial charge in [0, 0.05) is 35.9 Å². The Kier molecular flexibility index (Phi) is 21.9. The van der Waals surface area contributed by atoms with Gasteiger partial charge in [0.05, 0.1) is 36.2 Å². The molecule has 0 aliphatic carbocycles. The van der Waals surface area contributed by atoms with Gasteiger partial charge in [0.1, 0.15) is 0 Å². The SMILES string of the molecule is CC(O)C(C)C(N)C(=O)[O-].CC(O)C(C)C(N)C(=O)[O-].CC(O)C(C)C(N)C(=O)[O-].[Cr+3]. The van der Waals surface area contributed by atoms with Crippen LogP contribution in [-0.2, 0) is 31.7 Å². The Labute approximate surface area is 193 Å². The summed E-state index contributed by atoms with van der Waals surface area (Å²) >= 11 is 0. The van der Waals surface area contributed by atoms with Crippen LogP contribution < -0.4 is 32.5 Å². The van der Waals surface area contributed by atoms with Gasteiger partial charge in [-0.05, 0) is 20.8 Å². The molecular weight excluding hydrogens is 454 g/mol. The van der Waals surface area contributed by atoms with E-state index in [4.69, 9.17) is 32.5 Å². The van der Waals surface area contributed by atoms with E-state index in [1.54, 1.807) is 20.8 Å². The fraction of sp³-hybridized carbons (Fsp3) is 0.833. The number of nitrogens with two attached hydrogens (primary N) is 3. The maximum absolute atomic E-state index is 10.1. The Bertz CT molecular complexity index is 450. The molecule has 0 aliphatic heterocycles. The van der Waals surface area contributed by atoms with Crippen LogP contribution in [0.1, 0.15) is 41.5 Å². The van der Waals surface area contributed by atoms with Gasteiger partial charge in [-0.2, -0.15) is 0 Å². The van der Waals surface area contributed by atoms with Crippen LogP contribution in [0.25, 0.3) is 0 Å². The van der Waals surface area contributed by atoms with Crippen molar-refractivity contribution in [1.29, 1.82) is 0 Å². The van der Waals surface area contributed by atoms with Crippen molar-refractivity contribution in [2.24, 2.45) is 35.0 Å². The van der Waals surface area contributed by atoms with Gasteiger partial charge in [-0.3, -0.25) is 0 Å². The Morgan fingerprint density at radius 3 is 0.710 bits per heavy atom. The molecule has 0 bridgehead atoms. The first-order valence-electron chi connectivity index (χ1n) is 9.33. The van der Waals surface area contributed by atoms with Crippen molar-refractivity contribution in [2.45, 2.75) is 78.0 Å². The number of carbonyl (C=O) groups excluding carboxylic acids is 3. The van der Waals surface area contributed by atoms with E-state index < -0.39 is 72.1 Å². The molecule has 31 heavy (non-hydrogen) atoms. The number of rotatable bonds is 9. The topological polar surface area (TPSA) is 259 Å². The second-order valence-corrected chi connectivity index (χ2v) is 7.33. The summed E-state index contributed by atoms with van der Waals surface area (Å²) < 4.78 is 0. The van der Waals surface area contributed by atoms with Crippen LogP contribution in [0.15, 0.2) is 0 Å². The largest absolute Gasteiger partial charge is 3.00 e. The third-order valence-electron chi connectivity index (χ3n) is 4.80. The van der Waals surface area contributed by atoms with E-state index in [0.717, 1.165) is 0 Å². The Balaban J connectivity index is -0.000000174. The standard InChI is InChI=1S/3C6H13NO3.Cr/c3*1-3(4(2)8)5(7)6(9)10;/h3*3-5,8H,7H2,1-2H3,(H,9,10);/q;;;+3/p-3. The summed E-state index contributed by atoms with van der Waals surface area (Å²) in [5, 5.41) is 56.9. The first-order chi connectivity index (χ1) is 13.4. The zero-order valence-corrected chi connectivity index (χ0v) is 19.9. The van der Waals surface area contributed by atoms with Crippen molar-refractivity contribution in [3.05, 3.63) is 0 Å². The number of carboxylic acid groups (broad SMARTS) is 3. The summed E-state index contributed by atoms with van der Waals surface area (Å²) in [5.74, 6) is -5.38. The van der Waals surface area contributed by atoms with Gasteiger partial charge in [0.25, 0.3) is 0 Å². The summed E-state index contributed by atoms with van der Waals surface area (Å²) in [5.41, 5.74) is 15.4. The molecule has 0 amide bonds. The smallest absolute Gasteiger partial charge is 0.548 e. The zero-order chi connectivity index (χ0) is 24.9. The Morgan fingerprint density at radius 1 is 0.548 bits per heavy atom. The van der Waals surface area contributed by atoms with Gasteiger partial charge in [0.15, 0.2) is 0 Å². The van der Waals surface area contributed by atoms with E-state index in [9.17, 15) is 29.7 Å². The number of aliphatic carboxylic acids is 3. The summed E-state index contributed by atoms with van der Waals surface area (Å²) in [7, 11) is 0. The average molecular weight is 490 g/mol. The third-order valence-corrected chi connectivity index (χ3v) is 4.80. The molecule has 12 nitrogen and oxygen atoms in total. The molecule has 9 N–H and O–H groups in total. The Hall–Kier alpha value is -1.30. The van der Waals surface area contributed by atoms with Crippen molar-refractivity contribution >= 4 is 17.9 Å². The number of aliphatic hydroxyl groups excluding tert-OH is 3. The van der Waals surface area contributed by atoms with Gasteiger partial charge in [-0.1, -0.05) is 20.8 Å². The van der Waals surface area contributed by atoms with E-state index >= 15 is 0 Å². The number of hydrogen-bond donors (Lipinski definition) is 6. The zero-order valence-electron chi connectivity index (χ0n) is 18.6. The number of carbonyl (C=O) groups is 3. The molecule has 0 heterocycles. The van der Waals surface area contributed by atoms with E-state index in [0.29, 0.717) is 0 Å². The van der Waals surface area contributed by atoms with Gasteiger partial charge in [0.2, 0.25) is 0 Å². The molecule has 0 aliphatic rings. The van der Waals surface area contributed by atoms with Crippen LogP contribution in [0.5, 0.6) is 0 Å². The fourth-order valence-electron chi connectivity index (χ4n) is 1.54. The van der Waals surface area contributed by atoms with Crippen molar-refractivity contribution < 1.29 is 62.4 Å². The van der Waals surface area contributed by atoms with Gasteiger partial charge in [-0.15, -0.1) is 0 Å². The van der Waals surface area contributed by atoms with E-state index in [2.05, 4.69) is 0 Å². The number of carboxylic acids is 3. The predicted molar refractivity (Wildman–Crippen MR) is 101 cm³/mol. The molecule has 0 saturated carbocycles. The minimum atomic E-state index is -1.33. The van der Waals surface area contributed by atoms with Gasteiger partial charge >= 0.3 is 17.4 Å². The van der Waals surface area contributed by atoms with Crippen molar-refractivity contribution in [3.63, 3.8) is 0 Å². The first-order valence-corrected chi connectivity index (χ1v) is 9.33. The van der Waals surface area contributed by atoms with Gasteiger partial charge in [-0.25, -0.2) is 0 Å². The normalized spacial score (nSPS) is 19.0. The fourth-order valence-corrected chi connectivity index (χ4v) is 1.54. The molecule has 1 radical (unpaired) electrons. The average Bonchev–Trinajstić information content (AvgIpc) is 2.64. The molecule has 0 aromatic heterocycles. The van der Waals surface area contributed by atoms with Crippen LogP contribution in [0.3, 0.4) is 0 Å². The molecule has 0 rings (SSSR count). The first kappa shape index (κ1) is 37.0. The summed E-state index contributed by atoms with van der Waals surface area (Å²) in [6.07, 6.45) is -2.14. The van der Waals surface area contributed by atoms with Crippen molar-refractivity contribution in [2.75, 3.05) is 0 Å². The monoisotopic (exact) mass is 490 g/mol. The van der Waals surface area contributed by atoms with Gasteiger partial charge < -0.3 is 62.2 Å². The molecule has 0 aromatic carbocycles. The van der Waals surface area contributed by atoms with Crippen LogP contribution >= 0.6 is 0 Å². The van der Waals surface area contributed by atoms with E-state index in [1.807, 2.05) is 0 Å². The van der Waals surface area contributed by atoms with Crippen molar-refractivity contribution in [3.8, 4) is 0 Å². The molecule has 0 aromatic rings. The minimum Gasteiger partial charge on any atom is -0.548 e. The molecule has 13 heteroatoms. The summed E-state index contributed by atoms with van der Waals surface area (Å²) in [4.78, 5) is 30.3. The second kappa shape index (κ2) is 18.3. The molecule has 9 atom stereocenters. The van der Waals surface area contributed by atoms with Crippen LogP contribution in [0.2, 0.25) is 0 Å². The maximum Gasteiger partial charge on any atom is 3.00 e. The predicted octanol–water partition coefficient (Wildman–Crippen LogP) is -5.76. The molecule has 0 fully saturated rings. The van der Waals surface area contributed by atoms with Crippen LogP contribution in [0, 0.1) is 17.8 Å². The maximum atomic E-state index is 10.1. The third kappa shape index (κ3) is 17.0. The number of aliphatic hydroxyl groups is 3. The van der Waals surface area contributed by atoms with Crippen LogP contribution in [-0.4, -0.2) is 69.7 Å². The summed E-state index contributed by atoms with van der Waals surface area (Å²) in [6.45, 7) is 9.16.